The van der Waals surface area contributed by atoms with Crippen LogP contribution in [0.1, 0.15) is 37.7 Å². The normalized spacial score (nSPS) is 12.3. The molecule has 0 aliphatic carbocycles. The van der Waals surface area contributed by atoms with E-state index in [2.05, 4.69) is 51.4 Å². The van der Waals surface area contributed by atoms with Crippen molar-refractivity contribution >= 4 is 5.96 Å². The number of nitrogens with zero attached hydrogens (tertiary/aromatic N) is 3. The van der Waals surface area contributed by atoms with Crippen LogP contribution in [0.2, 0.25) is 0 Å². The predicted octanol–water partition coefficient (Wildman–Crippen LogP) is 2.72. The third-order valence-electron chi connectivity index (χ3n) is 4.27. The topological polar surface area (TPSA) is 63.5 Å². The van der Waals surface area contributed by atoms with Gasteiger partial charge < -0.3 is 19.9 Å². The fourth-order valence-electron chi connectivity index (χ4n) is 2.47. The number of guanidine groups is 1. The summed E-state index contributed by atoms with van der Waals surface area (Å²) in [7, 11) is 1.72. The van der Waals surface area contributed by atoms with E-state index in [-0.39, 0.29) is 5.60 Å². The van der Waals surface area contributed by atoms with Gasteiger partial charge in [-0.3, -0.25) is 0 Å². The Morgan fingerprint density at radius 3 is 2.69 bits per heavy atom. The molecule has 142 valence electrons. The highest BCUT2D eigenvalue weighted by Crippen LogP contribution is 2.10. The van der Waals surface area contributed by atoms with Crippen LogP contribution in [-0.4, -0.2) is 41.3 Å². The molecular formula is C20H31N5O. The van der Waals surface area contributed by atoms with Gasteiger partial charge in [0.25, 0.3) is 0 Å². The number of hydrogen-bond acceptors (Lipinski definition) is 3. The van der Waals surface area contributed by atoms with E-state index in [1.54, 1.807) is 7.11 Å². The highest BCUT2D eigenvalue weighted by Gasteiger charge is 2.16. The maximum atomic E-state index is 5.45. The Balaban J connectivity index is 2.02. The number of aliphatic imine (C=N–C) groups is 1. The van der Waals surface area contributed by atoms with Crippen LogP contribution in [0, 0.1) is 6.92 Å². The summed E-state index contributed by atoms with van der Waals surface area (Å²) >= 11 is 0. The van der Waals surface area contributed by atoms with Gasteiger partial charge in [0, 0.05) is 39.1 Å². The van der Waals surface area contributed by atoms with Crippen molar-refractivity contribution in [3.63, 3.8) is 0 Å². The fourth-order valence-corrected chi connectivity index (χ4v) is 2.47. The molecule has 0 atom stereocenters. The van der Waals surface area contributed by atoms with Gasteiger partial charge in [-0.2, -0.15) is 0 Å². The van der Waals surface area contributed by atoms with Crippen LogP contribution in [0.25, 0.3) is 0 Å². The minimum Gasteiger partial charge on any atom is -0.377 e. The molecule has 1 aromatic heterocycles. The van der Waals surface area contributed by atoms with Crippen LogP contribution in [-0.2, 0) is 17.8 Å². The number of aryl methyl sites for hydroxylation is 1. The van der Waals surface area contributed by atoms with Crippen molar-refractivity contribution in [1.82, 2.24) is 20.2 Å². The van der Waals surface area contributed by atoms with Crippen molar-refractivity contribution < 1.29 is 4.74 Å². The van der Waals surface area contributed by atoms with Crippen LogP contribution in [0.3, 0.4) is 0 Å². The number of benzene rings is 1. The van der Waals surface area contributed by atoms with Gasteiger partial charge in [0.15, 0.2) is 5.96 Å². The zero-order chi connectivity index (χ0) is 19.0. The second-order valence-corrected chi connectivity index (χ2v) is 6.93. The van der Waals surface area contributed by atoms with Crippen molar-refractivity contribution in [3.8, 4) is 0 Å². The molecule has 0 aliphatic heterocycles. The average molecular weight is 358 g/mol. The molecule has 1 aromatic carbocycles. The predicted molar refractivity (Wildman–Crippen MR) is 106 cm³/mol. The monoisotopic (exact) mass is 357 g/mol. The first-order valence-corrected chi connectivity index (χ1v) is 9.06. The highest BCUT2D eigenvalue weighted by molar-refractivity contribution is 5.79. The molecule has 1 heterocycles. The molecule has 0 aliphatic rings. The Morgan fingerprint density at radius 1 is 1.27 bits per heavy atom. The van der Waals surface area contributed by atoms with Crippen LogP contribution in [0.5, 0.6) is 0 Å². The minimum atomic E-state index is -0.237. The van der Waals surface area contributed by atoms with Crippen molar-refractivity contribution in [2.24, 2.45) is 4.99 Å². The number of hydrogen-bond donors (Lipinski definition) is 2. The van der Waals surface area contributed by atoms with Gasteiger partial charge in [-0.25, -0.2) is 9.98 Å². The van der Waals surface area contributed by atoms with Crippen molar-refractivity contribution in [2.45, 2.75) is 46.4 Å². The molecule has 0 saturated heterocycles. The molecule has 6 heteroatoms. The Hall–Kier alpha value is -2.34. The summed E-state index contributed by atoms with van der Waals surface area (Å²) in [6.07, 6.45) is 3.84. The zero-order valence-corrected chi connectivity index (χ0v) is 16.5. The number of nitrogens with one attached hydrogen (secondary N) is 2. The number of imidazole rings is 1. The Labute approximate surface area is 156 Å². The molecule has 2 N–H and O–H groups in total. The largest absolute Gasteiger partial charge is 0.377 e. The maximum Gasteiger partial charge on any atom is 0.191 e. The maximum absolute atomic E-state index is 5.45. The molecule has 0 unspecified atom stereocenters. The summed E-state index contributed by atoms with van der Waals surface area (Å²) in [5.41, 5.74) is 2.19. The zero-order valence-electron chi connectivity index (χ0n) is 16.5. The van der Waals surface area contributed by atoms with Gasteiger partial charge in [-0.15, -0.1) is 0 Å². The van der Waals surface area contributed by atoms with E-state index >= 15 is 0 Å². The minimum absolute atomic E-state index is 0.237. The first-order chi connectivity index (χ1) is 12.4. The molecule has 26 heavy (non-hydrogen) atoms. The second-order valence-electron chi connectivity index (χ2n) is 6.93. The molecule has 0 amide bonds. The van der Waals surface area contributed by atoms with Crippen molar-refractivity contribution in [3.05, 3.63) is 53.6 Å². The van der Waals surface area contributed by atoms with Crippen LogP contribution in [0.15, 0.2) is 41.7 Å². The summed E-state index contributed by atoms with van der Waals surface area (Å²) in [4.78, 5) is 8.97. The Bertz CT molecular complexity index is 720. The lowest BCUT2D eigenvalue weighted by Crippen LogP contribution is -2.45. The number of aromatic nitrogens is 2. The molecule has 0 bridgehead atoms. The molecule has 6 nitrogen and oxygen atoms in total. The first-order valence-electron chi connectivity index (χ1n) is 9.06. The van der Waals surface area contributed by atoms with E-state index in [9.17, 15) is 0 Å². The summed E-state index contributed by atoms with van der Waals surface area (Å²) in [5.74, 6) is 1.82. The second kappa shape index (κ2) is 9.38. The third kappa shape index (κ3) is 6.19. The van der Waals surface area contributed by atoms with Crippen LogP contribution in [0.4, 0.5) is 0 Å². The van der Waals surface area contributed by atoms with Crippen molar-refractivity contribution in [2.75, 3.05) is 20.2 Å². The van der Waals surface area contributed by atoms with Gasteiger partial charge in [0.1, 0.15) is 5.82 Å². The number of ether oxygens (including phenoxy) is 1. The lowest BCUT2D eigenvalue weighted by molar-refractivity contribution is 0.0268. The Kier molecular flexibility index (Phi) is 7.21. The van der Waals surface area contributed by atoms with Gasteiger partial charge in [0.05, 0.1) is 12.1 Å². The van der Waals surface area contributed by atoms with E-state index in [1.807, 2.05) is 33.2 Å². The summed E-state index contributed by atoms with van der Waals surface area (Å²) in [6.45, 7) is 11.1. The van der Waals surface area contributed by atoms with Gasteiger partial charge in [-0.05, 0) is 38.8 Å². The van der Waals surface area contributed by atoms with Gasteiger partial charge in [0.2, 0.25) is 0 Å². The van der Waals surface area contributed by atoms with E-state index in [0.29, 0.717) is 13.1 Å². The molecule has 0 radical (unpaired) electrons. The van der Waals surface area contributed by atoms with Gasteiger partial charge >= 0.3 is 0 Å². The SMILES string of the molecule is CCNC(=NCc1cccc(Cn2ccnc2C)c1)NCC(C)(C)OC. The molecule has 2 aromatic rings. The Morgan fingerprint density at radius 2 is 2.04 bits per heavy atom. The number of rotatable bonds is 8. The third-order valence-corrected chi connectivity index (χ3v) is 4.27. The standard InChI is InChI=1S/C20H31N5O/c1-6-21-19(24-15-20(3,4)26-5)23-13-17-8-7-9-18(12-17)14-25-11-10-22-16(25)2/h7-12H,6,13-15H2,1-5H3,(H2,21,23,24). The van der Waals surface area contributed by atoms with Crippen LogP contribution >= 0.6 is 0 Å². The molecular weight excluding hydrogens is 326 g/mol. The van der Waals surface area contributed by atoms with E-state index in [0.717, 1.165) is 24.9 Å². The molecule has 2 rings (SSSR count). The average Bonchev–Trinajstić information content (AvgIpc) is 3.02. The van der Waals surface area contributed by atoms with Crippen LogP contribution < -0.4 is 10.6 Å². The summed E-state index contributed by atoms with van der Waals surface area (Å²) in [5, 5.41) is 6.62. The highest BCUT2D eigenvalue weighted by atomic mass is 16.5. The quantitative estimate of drug-likeness (QED) is 0.563. The van der Waals surface area contributed by atoms with E-state index in [1.165, 1.54) is 11.1 Å². The van der Waals surface area contributed by atoms with E-state index in [4.69, 9.17) is 9.73 Å². The molecule has 0 fully saturated rings. The van der Waals surface area contributed by atoms with Gasteiger partial charge in [-0.1, -0.05) is 24.3 Å². The first kappa shape index (κ1) is 20.0. The fraction of sp³-hybridized carbons (Fsp3) is 0.500. The lowest BCUT2D eigenvalue weighted by atomic mass is 10.1. The van der Waals surface area contributed by atoms with Crippen molar-refractivity contribution in [1.29, 1.82) is 0 Å². The smallest absolute Gasteiger partial charge is 0.191 e. The van der Waals surface area contributed by atoms with E-state index < -0.39 is 0 Å². The molecule has 0 spiro atoms. The summed E-state index contributed by atoms with van der Waals surface area (Å²) < 4.78 is 7.59. The summed E-state index contributed by atoms with van der Waals surface area (Å²) in [6, 6.07) is 8.53. The number of methoxy groups -OCH3 is 1. The molecule has 0 saturated carbocycles. The lowest BCUT2D eigenvalue weighted by Gasteiger charge is -2.24.